The van der Waals surface area contributed by atoms with Crippen molar-refractivity contribution in [1.29, 1.82) is 0 Å². The van der Waals surface area contributed by atoms with Crippen LogP contribution in [0.2, 0.25) is 0 Å². The number of benzene rings is 1. The number of imide groups is 1. The molecule has 3 rings (SSSR count). The number of quaternary nitrogens is 1. The number of carbonyl (C=O) groups excluding carboxylic acids is 2. The molecule has 1 fully saturated rings. The topological polar surface area (TPSA) is 91.7 Å². The van der Waals surface area contributed by atoms with Crippen LogP contribution in [0, 0.1) is 13.8 Å². The number of hydrogen-bond donors (Lipinski definition) is 3. The van der Waals surface area contributed by atoms with Gasteiger partial charge < -0.3 is 15.1 Å². The summed E-state index contributed by atoms with van der Waals surface area (Å²) in [7, 11) is 0. The van der Waals surface area contributed by atoms with Crippen molar-refractivity contribution < 1.29 is 14.5 Å². The first-order valence-corrected chi connectivity index (χ1v) is 9.05. The number of aromatic nitrogens is 2. The van der Waals surface area contributed by atoms with E-state index in [2.05, 4.69) is 25.5 Å². The van der Waals surface area contributed by atoms with Crippen LogP contribution in [0.1, 0.15) is 11.1 Å². The van der Waals surface area contributed by atoms with Crippen LogP contribution in [0.25, 0.3) is 0 Å². The summed E-state index contributed by atoms with van der Waals surface area (Å²) in [5, 5.41) is 5.11. The molecule has 0 unspecified atom stereocenters. The predicted octanol–water partition coefficient (Wildman–Crippen LogP) is 0.147. The van der Waals surface area contributed by atoms with Gasteiger partial charge in [0.15, 0.2) is 6.54 Å². The molecule has 8 nitrogen and oxygen atoms in total. The average Bonchev–Trinajstić information content (AvgIpc) is 2.66. The number of urea groups is 1. The van der Waals surface area contributed by atoms with Gasteiger partial charge in [-0.05, 0) is 43.2 Å². The molecule has 1 aliphatic heterocycles. The van der Waals surface area contributed by atoms with Crippen LogP contribution in [0.5, 0.6) is 0 Å². The summed E-state index contributed by atoms with van der Waals surface area (Å²) in [6.45, 7) is 7.41. The van der Waals surface area contributed by atoms with E-state index >= 15 is 0 Å². The van der Waals surface area contributed by atoms with Crippen LogP contribution < -0.4 is 20.4 Å². The molecular formula is C19H25N6O2+. The van der Waals surface area contributed by atoms with Crippen molar-refractivity contribution in [2.24, 2.45) is 0 Å². The fraction of sp³-hybridized carbons (Fsp3) is 0.368. The molecule has 1 saturated heterocycles. The molecule has 1 aromatic heterocycles. The molecule has 0 aliphatic carbocycles. The molecule has 1 aliphatic rings. The molecule has 27 heavy (non-hydrogen) atoms. The third-order valence-electron chi connectivity index (χ3n) is 4.73. The van der Waals surface area contributed by atoms with Gasteiger partial charge in [-0.2, -0.15) is 0 Å². The predicted molar refractivity (Wildman–Crippen MR) is 103 cm³/mol. The molecule has 142 valence electrons. The van der Waals surface area contributed by atoms with Gasteiger partial charge in [-0.1, -0.05) is 6.07 Å². The van der Waals surface area contributed by atoms with E-state index in [1.165, 1.54) is 0 Å². The molecule has 2 heterocycles. The third kappa shape index (κ3) is 5.24. The van der Waals surface area contributed by atoms with Gasteiger partial charge in [0.1, 0.15) is 0 Å². The van der Waals surface area contributed by atoms with Gasteiger partial charge in [0.2, 0.25) is 5.95 Å². The number of amides is 3. The smallest absolute Gasteiger partial charge is 0.326 e. The minimum atomic E-state index is -0.501. The maximum atomic E-state index is 12.2. The van der Waals surface area contributed by atoms with Gasteiger partial charge in [0, 0.05) is 18.1 Å². The van der Waals surface area contributed by atoms with Crippen LogP contribution in [0.3, 0.4) is 0 Å². The molecule has 2 aromatic rings. The first kappa shape index (κ1) is 18.8. The van der Waals surface area contributed by atoms with E-state index in [0.29, 0.717) is 11.6 Å². The Kier molecular flexibility index (Phi) is 5.97. The largest absolute Gasteiger partial charge is 0.330 e. The van der Waals surface area contributed by atoms with Crippen molar-refractivity contribution >= 4 is 23.6 Å². The zero-order chi connectivity index (χ0) is 19.2. The van der Waals surface area contributed by atoms with E-state index in [1.54, 1.807) is 18.5 Å². The van der Waals surface area contributed by atoms with Crippen molar-refractivity contribution in [2.75, 3.05) is 42.9 Å². The maximum Gasteiger partial charge on any atom is 0.326 e. The normalized spacial score (nSPS) is 14.7. The van der Waals surface area contributed by atoms with Crippen molar-refractivity contribution in [3.8, 4) is 0 Å². The molecule has 3 N–H and O–H groups in total. The van der Waals surface area contributed by atoms with E-state index in [0.717, 1.165) is 42.2 Å². The number of piperazine rings is 1. The Bertz CT molecular complexity index is 803. The molecule has 0 bridgehead atoms. The summed E-state index contributed by atoms with van der Waals surface area (Å²) in [5.41, 5.74) is 2.91. The quantitative estimate of drug-likeness (QED) is 0.713. The Morgan fingerprint density at radius 3 is 2.48 bits per heavy atom. The molecule has 0 radical (unpaired) electrons. The second kappa shape index (κ2) is 8.59. The maximum absolute atomic E-state index is 12.2. The second-order valence-electron chi connectivity index (χ2n) is 6.76. The van der Waals surface area contributed by atoms with Crippen LogP contribution in [-0.4, -0.2) is 54.6 Å². The number of hydrogen-bond acceptors (Lipinski definition) is 5. The molecule has 0 atom stereocenters. The second-order valence-corrected chi connectivity index (χ2v) is 6.76. The average molecular weight is 369 g/mol. The summed E-state index contributed by atoms with van der Waals surface area (Å²) in [5.74, 6) is 0.435. The Morgan fingerprint density at radius 1 is 1.11 bits per heavy atom. The third-order valence-corrected chi connectivity index (χ3v) is 4.73. The molecular weight excluding hydrogens is 344 g/mol. The summed E-state index contributed by atoms with van der Waals surface area (Å²) in [4.78, 5) is 35.9. The summed E-state index contributed by atoms with van der Waals surface area (Å²) in [6.07, 6.45) is 3.45. The van der Waals surface area contributed by atoms with Crippen LogP contribution in [0.4, 0.5) is 16.4 Å². The number of nitrogens with one attached hydrogen (secondary N) is 3. The Labute approximate surface area is 158 Å². The first-order valence-electron chi connectivity index (χ1n) is 9.05. The highest BCUT2D eigenvalue weighted by Crippen LogP contribution is 2.13. The lowest BCUT2D eigenvalue weighted by molar-refractivity contribution is -0.892. The van der Waals surface area contributed by atoms with Crippen molar-refractivity contribution in [1.82, 2.24) is 15.3 Å². The summed E-state index contributed by atoms with van der Waals surface area (Å²) >= 11 is 0. The molecule has 1 aromatic carbocycles. The fourth-order valence-electron chi connectivity index (χ4n) is 3.03. The standard InChI is InChI=1S/C19H24N6O2/c1-14-4-5-16(12-15(14)2)22-19(27)23-17(26)13-24-8-10-25(11-9-24)18-20-6-3-7-21-18/h3-7,12H,8-11,13H2,1-2H3,(H2,22,23,26,27)/p+1. The minimum absolute atomic E-state index is 0.268. The van der Waals surface area contributed by atoms with Crippen molar-refractivity contribution in [3.63, 3.8) is 0 Å². The monoisotopic (exact) mass is 369 g/mol. The number of anilines is 2. The Morgan fingerprint density at radius 2 is 1.81 bits per heavy atom. The van der Waals surface area contributed by atoms with Crippen LogP contribution in [-0.2, 0) is 4.79 Å². The Balaban J connectivity index is 1.43. The van der Waals surface area contributed by atoms with E-state index in [-0.39, 0.29) is 12.5 Å². The lowest BCUT2D eigenvalue weighted by Crippen LogP contribution is -3.16. The zero-order valence-electron chi connectivity index (χ0n) is 15.7. The minimum Gasteiger partial charge on any atom is -0.330 e. The highest BCUT2D eigenvalue weighted by Gasteiger charge is 2.24. The summed E-state index contributed by atoms with van der Waals surface area (Å²) in [6, 6.07) is 6.93. The highest BCUT2D eigenvalue weighted by atomic mass is 16.2. The lowest BCUT2D eigenvalue weighted by atomic mass is 10.1. The van der Waals surface area contributed by atoms with Gasteiger partial charge in [0.05, 0.1) is 26.2 Å². The molecule has 3 amide bonds. The fourth-order valence-corrected chi connectivity index (χ4v) is 3.03. The van der Waals surface area contributed by atoms with Crippen molar-refractivity contribution in [3.05, 3.63) is 47.8 Å². The Hall–Kier alpha value is -3.00. The van der Waals surface area contributed by atoms with E-state index in [1.807, 2.05) is 32.0 Å². The van der Waals surface area contributed by atoms with Crippen LogP contribution >= 0.6 is 0 Å². The number of carbonyl (C=O) groups is 2. The lowest BCUT2D eigenvalue weighted by Gasteiger charge is -2.31. The van der Waals surface area contributed by atoms with Crippen molar-refractivity contribution in [2.45, 2.75) is 13.8 Å². The number of nitrogens with zero attached hydrogens (tertiary/aromatic N) is 3. The van der Waals surface area contributed by atoms with E-state index in [9.17, 15) is 9.59 Å². The van der Waals surface area contributed by atoms with E-state index < -0.39 is 6.03 Å². The van der Waals surface area contributed by atoms with Gasteiger partial charge >= 0.3 is 6.03 Å². The molecule has 0 spiro atoms. The highest BCUT2D eigenvalue weighted by molar-refractivity contribution is 6.01. The number of rotatable bonds is 4. The number of aryl methyl sites for hydroxylation is 2. The van der Waals surface area contributed by atoms with Gasteiger partial charge in [0.25, 0.3) is 5.91 Å². The zero-order valence-corrected chi connectivity index (χ0v) is 15.7. The molecule has 8 heteroatoms. The SMILES string of the molecule is Cc1ccc(NC(=O)NC(=O)C[NH+]2CCN(c3ncccn3)CC2)cc1C. The van der Waals surface area contributed by atoms with E-state index in [4.69, 9.17) is 0 Å². The van der Waals surface area contributed by atoms with Gasteiger partial charge in [-0.25, -0.2) is 14.8 Å². The molecule has 0 saturated carbocycles. The van der Waals surface area contributed by atoms with Gasteiger partial charge in [-0.15, -0.1) is 0 Å². The summed E-state index contributed by atoms with van der Waals surface area (Å²) < 4.78 is 0. The van der Waals surface area contributed by atoms with Crippen LogP contribution in [0.15, 0.2) is 36.7 Å². The van der Waals surface area contributed by atoms with Gasteiger partial charge in [-0.3, -0.25) is 10.1 Å². The first-order chi connectivity index (χ1) is 13.0.